The Kier molecular flexibility index (Phi) is 2.68. The Morgan fingerprint density at radius 3 is 3.00 bits per heavy atom. The molecule has 1 saturated heterocycles. The van der Waals surface area contributed by atoms with Gasteiger partial charge in [-0.1, -0.05) is 0 Å². The molecule has 0 saturated carbocycles. The highest BCUT2D eigenvalue weighted by Gasteiger charge is 2.22. The molecule has 0 N–H and O–H groups in total. The summed E-state index contributed by atoms with van der Waals surface area (Å²) in [5.74, 6) is -0.113. The summed E-state index contributed by atoms with van der Waals surface area (Å²) in [6, 6.07) is 0. The number of carbonyl (C=O) groups is 1. The van der Waals surface area contributed by atoms with Crippen LogP contribution in [-0.2, 0) is 14.3 Å². The molecular formula is C7H12O3. The molecule has 1 aliphatic rings. The van der Waals surface area contributed by atoms with Crippen LogP contribution in [0.4, 0.5) is 0 Å². The number of ether oxygens (including phenoxy) is 2. The lowest BCUT2D eigenvalue weighted by Gasteiger charge is -1.97. The number of rotatable bonds is 4. The van der Waals surface area contributed by atoms with E-state index >= 15 is 0 Å². The molecule has 3 nitrogen and oxygen atoms in total. The molecule has 1 rings (SSSR count). The molecule has 1 atom stereocenters. The Morgan fingerprint density at radius 1 is 1.80 bits per heavy atom. The first-order valence-electron chi connectivity index (χ1n) is 3.60. The van der Waals surface area contributed by atoms with Gasteiger partial charge in [-0.15, -0.1) is 0 Å². The van der Waals surface area contributed by atoms with Crippen molar-refractivity contribution >= 4 is 5.97 Å². The van der Waals surface area contributed by atoms with Crippen molar-refractivity contribution < 1.29 is 14.3 Å². The highest BCUT2D eigenvalue weighted by atomic mass is 16.6. The van der Waals surface area contributed by atoms with Gasteiger partial charge in [0.1, 0.15) is 0 Å². The Bertz CT molecular complexity index is 118. The quantitative estimate of drug-likeness (QED) is 0.431. The molecule has 0 amide bonds. The van der Waals surface area contributed by atoms with Gasteiger partial charge in [0.2, 0.25) is 0 Å². The van der Waals surface area contributed by atoms with Gasteiger partial charge in [-0.25, -0.2) is 0 Å². The average Bonchev–Trinajstić information content (AvgIpc) is 2.67. The molecule has 58 valence electrons. The molecule has 0 aromatic carbocycles. The lowest BCUT2D eigenvalue weighted by atomic mass is 10.2. The minimum atomic E-state index is -0.113. The van der Waals surface area contributed by atoms with Gasteiger partial charge in [-0.3, -0.25) is 4.79 Å². The third-order valence-corrected chi connectivity index (χ3v) is 1.38. The largest absolute Gasteiger partial charge is 0.466 e. The lowest BCUT2D eigenvalue weighted by molar-refractivity contribution is -0.143. The molecule has 1 heterocycles. The van der Waals surface area contributed by atoms with Crippen LogP contribution in [0.15, 0.2) is 0 Å². The van der Waals surface area contributed by atoms with Crippen LogP contribution in [0.3, 0.4) is 0 Å². The summed E-state index contributed by atoms with van der Waals surface area (Å²) in [6.45, 7) is 3.11. The first-order valence-corrected chi connectivity index (χ1v) is 3.60. The highest BCUT2D eigenvalue weighted by molar-refractivity contribution is 5.69. The smallest absolute Gasteiger partial charge is 0.305 e. The third-order valence-electron chi connectivity index (χ3n) is 1.38. The molecule has 0 aromatic heterocycles. The summed E-state index contributed by atoms with van der Waals surface area (Å²) in [6.07, 6.45) is 1.65. The van der Waals surface area contributed by atoms with E-state index in [2.05, 4.69) is 0 Å². The fraction of sp³-hybridized carbons (Fsp3) is 0.857. The van der Waals surface area contributed by atoms with Crippen molar-refractivity contribution in [2.45, 2.75) is 25.9 Å². The van der Waals surface area contributed by atoms with E-state index in [1.54, 1.807) is 0 Å². The van der Waals surface area contributed by atoms with Crippen molar-refractivity contribution in [1.29, 1.82) is 0 Å². The van der Waals surface area contributed by atoms with E-state index < -0.39 is 0 Å². The average molecular weight is 144 g/mol. The van der Waals surface area contributed by atoms with Crippen LogP contribution in [0, 0.1) is 0 Å². The second-order valence-electron chi connectivity index (χ2n) is 2.30. The molecule has 0 unspecified atom stereocenters. The maximum atomic E-state index is 10.7. The standard InChI is InChI=1S/C7H12O3/c1-2-9-7(8)4-3-6-5-10-6/h6H,2-5H2,1H3/t6-/m1/s1. The van der Waals surface area contributed by atoms with Crippen LogP contribution in [0.1, 0.15) is 19.8 Å². The molecular weight excluding hydrogens is 132 g/mol. The van der Waals surface area contributed by atoms with Gasteiger partial charge in [0.05, 0.1) is 19.3 Å². The Hall–Kier alpha value is -0.570. The predicted molar refractivity (Wildman–Crippen MR) is 35.6 cm³/mol. The zero-order valence-electron chi connectivity index (χ0n) is 6.13. The van der Waals surface area contributed by atoms with Crippen LogP contribution >= 0.6 is 0 Å². The highest BCUT2D eigenvalue weighted by Crippen LogP contribution is 2.15. The summed E-state index contributed by atoms with van der Waals surface area (Å²) in [4.78, 5) is 10.7. The molecule has 0 bridgehead atoms. The number of esters is 1. The number of hydrogen-bond acceptors (Lipinski definition) is 3. The van der Waals surface area contributed by atoms with Crippen molar-refractivity contribution in [3.63, 3.8) is 0 Å². The molecule has 0 aliphatic carbocycles. The van der Waals surface area contributed by atoms with Crippen molar-refractivity contribution in [2.24, 2.45) is 0 Å². The van der Waals surface area contributed by atoms with E-state index in [1.165, 1.54) is 0 Å². The Balaban J connectivity index is 1.94. The van der Waals surface area contributed by atoms with Crippen LogP contribution in [-0.4, -0.2) is 25.3 Å². The van der Waals surface area contributed by atoms with E-state index in [-0.39, 0.29) is 5.97 Å². The van der Waals surface area contributed by atoms with Crippen molar-refractivity contribution in [3.8, 4) is 0 Å². The Labute approximate surface area is 60.3 Å². The first-order chi connectivity index (χ1) is 4.83. The van der Waals surface area contributed by atoms with E-state index in [0.717, 1.165) is 13.0 Å². The number of carbonyl (C=O) groups excluding carboxylic acids is 1. The van der Waals surface area contributed by atoms with Gasteiger partial charge in [0.15, 0.2) is 0 Å². The Morgan fingerprint density at radius 2 is 2.50 bits per heavy atom. The molecule has 1 fully saturated rings. The number of epoxide rings is 1. The van der Waals surface area contributed by atoms with Gasteiger partial charge >= 0.3 is 5.97 Å². The fourth-order valence-corrected chi connectivity index (χ4v) is 0.747. The second-order valence-corrected chi connectivity index (χ2v) is 2.30. The molecule has 0 aromatic rings. The molecule has 0 radical (unpaired) electrons. The van der Waals surface area contributed by atoms with Crippen molar-refractivity contribution in [2.75, 3.05) is 13.2 Å². The first kappa shape index (κ1) is 7.54. The SMILES string of the molecule is CCOC(=O)CC[C@@H]1CO1. The van der Waals surface area contributed by atoms with Gasteiger partial charge in [0, 0.05) is 6.42 Å². The summed E-state index contributed by atoms with van der Waals surface area (Å²) in [5, 5.41) is 0. The minimum absolute atomic E-state index is 0.113. The topological polar surface area (TPSA) is 38.8 Å². The zero-order valence-corrected chi connectivity index (χ0v) is 6.13. The van der Waals surface area contributed by atoms with E-state index in [1.807, 2.05) is 6.92 Å². The van der Waals surface area contributed by atoms with E-state index in [4.69, 9.17) is 9.47 Å². The van der Waals surface area contributed by atoms with Crippen LogP contribution in [0.5, 0.6) is 0 Å². The molecule has 3 heteroatoms. The molecule has 0 spiro atoms. The maximum Gasteiger partial charge on any atom is 0.305 e. The minimum Gasteiger partial charge on any atom is -0.466 e. The second kappa shape index (κ2) is 3.56. The van der Waals surface area contributed by atoms with Gasteiger partial charge in [0.25, 0.3) is 0 Å². The van der Waals surface area contributed by atoms with Crippen LogP contribution in [0.2, 0.25) is 0 Å². The third kappa shape index (κ3) is 2.82. The van der Waals surface area contributed by atoms with E-state index in [9.17, 15) is 4.79 Å². The summed E-state index contributed by atoms with van der Waals surface area (Å²) < 4.78 is 9.65. The lowest BCUT2D eigenvalue weighted by Crippen LogP contribution is -2.04. The predicted octanol–water partition coefficient (Wildman–Crippen LogP) is 0.729. The van der Waals surface area contributed by atoms with Crippen molar-refractivity contribution in [3.05, 3.63) is 0 Å². The summed E-state index contributed by atoms with van der Waals surface area (Å²) >= 11 is 0. The maximum absolute atomic E-state index is 10.7. The number of hydrogen-bond donors (Lipinski definition) is 0. The summed E-state index contributed by atoms with van der Waals surface area (Å²) in [7, 11) is 0. The van der Waals surface area contributed by atoms with Gasteiger partial charge < -0.3 is 9.47 Å². The fourth-order valence-electron chi connectivity index (χ4n) is 0.747. The molecule has 10 heavy (non-hydrogen) atoms. The monoisotopic (exact) mass is 144 g/mol. The molecule has 1 aliphatic heterocycles. The van der Waals surface area contributed by atoms with Crippen LogP contribution in [0.25, 0.3) is 0 Å². The zero-order chi connectivity index (χ0) is 7.40. The van der Waals surface area contributed by atoms with Crippen LogP contribution < -0.4 is 0 Å². The summed E-state index contributed by atoms with van der Waals surface area (Å²) in [5.41, 5.74) is 0. The van der Waals surface area contributed by atoms with E-state index in [0.29, 0.717) is 19.1 Å². The van der Waals surface area contributed by atoms with Gasteiger partial charge in [-0.05, 0) is 13.3 Å². The van der Waals surface area contributed by atoms with Crippen molar-refractivity contribution in [1.82, 2.24) is 0 Å². The normalized spacial score (nSPS) is 22.3. The van der Waals surface area contributed by atoms with Gasteiger partial charge in [-0.2, -0.15) is 0 Å².